The first-order valence-electron chi connectivity index (χ1n) is 6.25. The van der Waals surface area contributed by atoms with Gasteiger partial charge in [-0.25, -0.2) is 0 Å². The number of fused-ring (bicyclic) bond motifs is 1. The Kier molecular flexibility index (Phi) is 3.61. The second-order valence-electron chi connectivity index (χ2n) is 4.94. The fourth-order valence-corrected chi connectivity index (χ4v) is 2.74. The number of carbonyl (C=O) groups is 3. The summed E-state index contributed by atoms with van der Waals surface area (Å²) in [6.45, 7) is 1.81. The molecule has 0 amide bonds. The van der Waals surface area contributed by atoms with Crippen LogP contribution in [0.1, 0.15) is 27.9 Å². The minimum absolute atomic E-state index is 0.171. The van der Waals surface area contributed by atoms with Crippen LogP contribution in [0.2, 0.25) is 0 Å². The number of aryl methyl sites for hydroxylation is 1. The van der Waals surface area contributed by atoms with Gasteiger partial charge in [0.25, 0.3) is 0 Å². The Morgan fingerprint density at radius 2 is 1.95 bits per heavy atom. The van der Waals surface area contributed by atoms with Gasteiger partial charge in [0.2, 0.25) is 0 Å². The maximum atomic E-state index is 12.7. The first kappa shape index (κ1) is 14.2. The van der Waals surface area contributed by atoms with E-state index in [-0.39, 0.29) is 18.6 Å². The van der Waals surface area contributed by atoms with Crippen molar-refractivity contribution in [2.45, 2.75) is 19.8 Å². The van der Waals surface area contributed by atoms with Gasteiger partial charge in [-0.1, -0.05) is 18.2 Å². The molecule has 2 rings (SSSR count). The molecule has 5 nitrogen and oxygen atoms in total. The smallest absolute Gasteiger partial charge is 0.320 e. The molecule has 0 bridgehead atoms. The number of esters is 2. The largest absolute Gasteiger partial charge is 0.469 e. The lowest BCUT2D eigenvalue weighted by Gasteiger charge is -2.22. The van der Waals surface area contributed by atoms with Gasteiger partial charge in [0.05, 0.1) is 20.6 Å². The average Bonchev–Trinajstić information content (AvgIpc) is 2.73. The summed E-state index contributed by atoms with van der Waals surface area (Å²) in [5.41, 5.74) is 0.588. The molecule has 5 heteroatoms. The van der Waals surface area contributed by atoms with Crippen LogP contribution in [0.4, 0.5) is 0 Å². The molecule has 1 aliphatic carbocycles. The first-order valence-corrected chi connectivity index (χ1v) is 6.25. The molecule has 0 aliphatic heterocycles. The first-order chi connectivity index (χ1) is 9.46. The molecule has 1 atom stereocenters. The van der Waals surface area contributed by atoms with Crippen molar-refractivity contribution in [1.82, 2.24) is 0 Å². The summed E-state index contributed by atoms with van der Waals surface area (Å²) >= 11 is 0. The van der Waals surface area contributed by atoms with Gasteiger partial charge in [0.15, 0.2) is 5.78 Å². The zero-order chi connectivity index (χ0) is 14.9. The molecule has 20 heavy (non-hydrogen) atoms. The van der Waals surface area contributed by atoms with E-state index >= 15 is 0 Å². The van der Waals surface area contributed by atoms with E-state index < -0.39 is 17.4 Å². The molecule has 1 unspecified atom stereocenters. The van der Waals surface area contributed by atoms with E-state index in [1.807, 2.05) is 19.1 Å². The molecule has 0 saturated carbocycles. The zero-order valence-electron chi connectivity index (χ0n) is 11.7. The van der Waals surface area contributed by atoms with Crippen molar-refractivity contribution in [2.75, 3.05) is 14.2 Å². The van der Waals surface area contributed by atoms with E-state index in [0.29, 0.717) is 5.56 Å². The number of ketones is 1. The molecule has 1 aliphatic rings. The predicted octanol–water partition coefficient (Wildman–Crippen LogP) is 1.46. The fourth-order valence-electron chi connectivity index (χ4n) is 2.74. The lowest BCUT2D eigenvalue weighted by Crippen LogP contribution is -2.40. The standard InChI is InChI=1S/C15H16O5/c1-9-5-4-6-10-7-15(14(18)20-3,8-11(16)19-2)13(17)12(9)10/h4-6H,7-8H2,1-3H3. The van der Waals surface area contributed by atoms with E-state index in [0.717, 1.165) is 11.1 Å². The van der Waals surface area contributed by atoms with Gasteiger partial charge in [0, 0.05) is 5.56 Å². The van der Waals surface area contributed by atoms with Crippen molar-refractivity contribution in [1.29, 1.82) is 0 Å². The third-order valence-electron chi connectivity index (χ3n) is 3.76. The Morgan fingerprint density at radius 1 is 1.25 bits per heavy atom. The lowest BCUT2D eigenvalue weighted by molar-refractivity contribution is -0.156. The van der Waals surface area contributed by atoms with Crippen molar-refractivity contribution in [2.24, 2.45) is 5.41 Å². The zero-order valence-corrected chi connectivity index (χ0v) is 11.7. The van der Waals surface area contributed by atoms with Crippen molar-refractivity contribution in [3.63, 3.8) is 0 Å². The summed E-state index contributed by atoms with van der Waals surface area (Å²) in [7, 11) is 2.44. The second-order valence-corrected chi connectivity index (χ2v) is 4.94. The lowest BCUT2D eigenvalue weighted by atomic mass is 9.80. The van der Waals surface area contributed by atoms with E-state index in [1.165, 1.54) is 14.2 Å². The summed E-state index contributed by atoms with van der Waals surface area (Å²) in [5, 5.41) is 0. The molecule has 106 valence electrons. The van der Waals surface area contributed by atoms with Crippen molar-refractivity contribution < 1.29 is 23.9 Å². The summed E-state index contributed by atoms with van der Waals surface area (Å²) < 4.78 is 9.37. The third-order valence-corrected chi connectivity index (χ3v) is 3.76. The number of Topliss-reactive ketones (excluding diaryl/α,β-unsaturated/α-hetero) is 1. The number of methoxy groups -OCH3 is 2. The number of benzene rings is 1. The van der Waals surface area contributed by atoms with E-state index in [4.69, 9.17) is 4.74 Å². The van der Waals surface area contributed by atoms with Gasteiger partial charge in [-0.3, -0.25) is 14.4 Å². The van der Waals surface area contributed by atoms with Crippen LogP contribution in [-0.4, -0.2) is 31.9 Å². The van der Waals surface area contributed by atoms with Crippen molar-refractivity contribution >= 4 is 17.7 Å². The van der Waals surface area contributed by atoms with Crippen LogP contribution >= 0.6 is 0 Å². The Labute approximate surface area is 116 Å². The van der Waals surface area contributed by atoms with E-state index in [2.05, 4.69) is 4.74 Å². The molecule has 0 N–H and O–H groups in total. The minimum atomic E-state index is -1.49. The van der Waals surface area contributed by atoms with Crippen LogP contribution in [0.25, 0.3) is 0 Å². The molecule has 0 fully saturated rings. The normalized spacial score (nSPS) is 20.4. The fraction of sp³-hybridized carbons (Fsp3) is 0.400. The van der Waals surface area contributed by atoms with Gasteiger partial charge in [-0.15, -0.1) is 0 Å². The Bertz CT molecular complexity index is 590. The number of ether oxygens (including phenoxy) is 2. The molecule has 1 aromatic carbocycles. The van der Waals surface area contributed by atoms with E-state index in [1.54, 1.807) is 6.07 Å². The highest BCUT2D eigenvalue weighted by atomic mass is 16.5. The molecule has 0 radical (unpaired) electrons. The highest BCUT2D eigenvalue weighted by molar-refractivity contribution is 6.18. The van der Waals surface area contributed by atoms with Crippen molar-refractivity contribution in [3.05, 3.63) is 34.9 Å². The molecule has 0 aromatic heterocycles. The highest BCUT2D eigenvalue weighted by Crippen LogP contribution is 2.42. The van der Waals surface area contributed by atoms with Gasteiger partial charge in [-0.05, 0) is 24.5 Å². The topological polar surface area (TPSA) is 69.7 Å². The third kappa shape index (κ3) is 1.99. The van der Waals surface area contributed by atoms with Gasteiger partial charge >= 0.3 is 11.9 Å². The molecule has 0 spiro atoms. The average molecular weight is 276 g/mol. The van der Waals surface area contributed by atoms with Crippen LogP contribution in [0.5, 0.6) is 0 Å². The van der Waals surface area contributed by atoms with Crippen LogP contribution in [0.3, 0.4) is 0 Å². The summed E-state index contributed by atoms with van der Waals surface area (Å²) in [4.78, 5) is 36.4. The molecular formula is C15H16O5. The molecule has 0 heterocycles. The van der Waals surface area contributed by atoms with Crippen LogP contribution in [0.15, 0.2) is 18.2 Å². The number of hydrogen-bond acceptors (Lipinski definition) is 5. The predicted molar refractivity (Wildman–Crippen MR) is 70.3 cm³/mol. The summed E-state index contributed by atoms with van der Waals surface area (Å²) in [6, 6.07) is 5.43. The van der Waals surface area contributed by atoms with Crippen LogP contribution < -0.4 is 0 Å². The molecule has 0 saturated heterocycles. The highest BCUT2D eigenvalue weighted by Gasteiger charge is 2.54. The summed E-state index contributed by atoms with van der Waals surface area (Å²) in [5.74, 6) is -1.65. The number of rotatable bonds is 3. The van der Waals surface area contributed by atoms with Gasteiger partial charge in [-0.2, -0.15) is 0 Å². The Hall–Kier alpha value is -2.17. The van der Waals surface area contributed by atoms with Gasteiger partial charge in [0.1, 0.15) is 5.41 Å². The Balaban J connectivity index is 2.52. The number of carbonyl (C=O) groups excluding carboxylic acids is 3. The maximum Gasteiger partial charge on any atom is 0.320 e. The Morgan fingerprint density at radius 3 is 2.50 bits per heavy atom. The van der Waals surface area contributed by atoms with Crippen LogP contribution in [0, 0.1) is 12.3 Å². The molecular weight excluding hydrogens is 260 g/mol. The quantitative estimate of drug-likeness (QED) is 0.617. The van der Waals surface area contributed by atoms with Crippen molar-refractivity contribution in [3.8, 4) is 0 Å². The van der Waals surface area contributed by atoms with E-state index in [9.17, 15) is 14.4 Å². The van der Waals surface area contributed by atoms with Crippen LogP contribution in [-0.2, 0) is 25.5 Å². The molecule has 1 aromatic rings. The SMILES string of the molecule is COC(=O)CC1(C(=O)OC)Cc2cccc(C)c2C1=O. The summed E-state index contributed by atoms with van der Waals surface area (Å²) in [6.07, 6.45) is -0.131. The maximum absolute atomic E-state index is 12.7. The minimum Gasteiger partial charge on any atom is -0.469 e. The van der Waals surface area contributed by atoms with Gasteiger partial charge < -0.3 is 9.47 Å². The number of hydrogen-bond donors (Lipinski definition) is 0. The monoisotopic (exact) mass is 276 g/mol. The second kappa shape index (κ2) is 5.07.